The lowest BCUT2D eigenvalue weighted by atomic mass is 10.2. The number of hydrogen-bond acceptors (Lipinski definition) is 4. The first kappa shape index (κ1) is 13.8. The zero-order valence-electron chi connectivity index (χ0n) is 11.3. The van der Waals surface area contributed by atoms with Crippen molar-refractivity contribution < 1.29 is 4.21 Å². The van der Waals surface area contributed by atoms with E-state index in [2.05, 4.69) is 33.4 Å². The van der Waals surface area contributed by atoms with Gasteiger partial charge in [-0.05, 0) is 30.4 Å². The van der Waals surface area contributed by atoms with Crippen molar-refractivity contribution >= 4 is 33.7 Å². The average molecular weight is 307 g/mol. The molecule has 4 nitrogen and oxygen atoms in total. The van der Waals surface area contributed by atoms with E-state index in [0.29, 0.717) is 21.8 Å². The molecule has 3 rings (SSSR count). The fourth-order valence-electron chi connectivity index (χ4n) is 2.12. The molecule has 6 heteroatoms. The molecular weight excluding hydrogens is 290 g/mol. The number of rotatable bonds is 5. The Morgan fingerprint density at radius 1 is 1.45 bits per heavy atom. The van der Waals surface area contributed by atoms with E-state index in [-0.39, 0.29) is 0 Å². The smallest absolute Gasteiger partial charge is 0.198 e. The fraction of sp³-hybridized carbons (Fsp3) is 0.429. The Labute approximate surface area is 124 Å². The van der Waals surface area contributed by atoms with Gasteiger partial charge < -0.3 is 4.98 Å². The second kappa shape index (κ2) is 6.10. The van der Waals surface area contributed by atoms with Crippen molar-refractivity contribution in [1.82, 2.24) is 15.0 Å². The van der Waals surface area contributed by atoms with Crippen molar-refractivity contribution in [2.24, 2.45) is 0 Å². The summed E-state index contributed by atoms with van der Waals surface area (Å²) in [6.07, 6.45) is 5.17. The van der Waals surface area contributed by atoms with Gasteiger partial charge in [-0.3, -0.25) is 4.21 Å². The SMILES string of the molecule is CCCCS(=O)c1nc2nc(C3CC=CS3)ccc2[nH]1. The molecule has 1 N–H and O–H groups in total. The third-order valence-electron chi connectivity index (χ3n) is 3.26. The molecule has 0 saturated carbocycles. The van der Waals surface area contributed by atoms with Crippen LogP contribution in [0.2, 0.25) is 0 Å². The predicted molar refractivity (Wildman–Crippen MR) is 84.2 cm³/mol. The zero-order valence-corrected chi connectivity index (χ0v) is 13.0. The van der Waals surface area contributed by atoms with Crippen LogP contribution in [-0.2, 0) is 10.8 Å². The summed E-state index contributed by atoms with van der Waals surface area (Å²) in [5, 5.41) is 3.06. The summed E-state index contributed by atoms with van der Waals surface area (Å²) >= 11 is 1.79. The molecule has 0 radical (unpaired) electrons. The molecule has 0 aliphatic carbocycles. The number of aromatic nitrogens is 3. The van der Waals surface area contributed by atoms with E-state index >= 15 is 0 Å². The lowest BCUT2D eigenvalue weighted by molar-refractivity contribution is 0.674. The maximum Gasteiger partial charge on any atom is 0.198 e. The zero-order chi connectivity index (χ0) is 13.9. The number of pyridine rings is 1. The third kappa shape index (κ3) is 2.81. The highest BCUT2D eigenvalue weighted by Gasteiger charge is 2.17. The van der Waals surface area contributed by atoms with Crippen LogP contribution in [0.3, 0.4) is 0 Å². The predicted octanol–water partition coefficient (Wildman–Crippen LogP) is 3.56. The summed E-state index contributed by atoms with van der Waals surface area (Å²) < 4.78 is 12.1. The number of unbranched alkanes of at least 4 members (excludes halogenated alkanes) is 1. The summed E-state index contributed by atoms with van der Waals surface area (Å²) in [5.74, 6) is 0.658. The number of fused-ring (bicyclic) bond motifs is 1. The highest BCUT2D eigenvalue weighted by atomic mass is 32.2. The van der Waals surface area contributed by atoms with Crippen molar-refractivity contribution in [3.63, 3.8) is 0 Å². The number of imidazole rings is 1. The van der Waals surface area contributed by atoms with Crippen molar-refractivity contribution in [2.75, 3.05) is 5.75 Å². The summed E-state index contributed by atoms with van der Waals surface area (Å²) in [7, 11) is -1.05. The number of aromatic amines is 1. The largest absolute Gasteiger partial charge is 0.329 e. The summed E-state index contributed by atoms with van der Waals surface area (Å²) in [6, 6.07) is 4.02. The molecule has 0 aromatic carbocycles. The summed E-state index contributed by atoms with van der Waals surface area (Å²) in [6.45, 7) is 2.09. The molecular formula is C14H17N3OS2. The van der Waals surface area contributed by atoms with Crippen LogP contribution >= 0.6 is 11.8 Å². The molecule has 20 heavy (non-hydrogen) atoms. The van der Waals surface area contributed by atoms with E-state index in [4.69, 9.17) is 0 Å². The Hall–Kier alpha value is -1.14. The van der Waals surface area contributed by atoms with Gasteiger partial charge in [0.25, 0.3) is 0 Å². The van der Waals surface area contributed by atoms with Crippen LogP contribution in [0.1, 0.15) is 37.1 Å². The lowest BCUT2D eigenvalue weighted by Crippen LogP contribution is -1.99. The molecule has 2 atom stereocenters. The molecule has 0 saturated heterocycles. The minimum Gasteiger partial charge on any atom is -0.329 e. The Bertz CT molecular complexity index is 657. The molecule has 2 aromatic heterocycles. The van der Waals surface area contributed by atoms with Gasteiger partial charge in [-0.1, -0.05) is 19.4 Å². The molecule has 2 unspecified atom stereocenters. The minimum atomic E-state index is -1.05. The first-order valence-corrected chi connectivity index (χ1v) is 9.09. The highest BCUT2D eigenvalue weighted by molar-refractivity contribution is 8.02. The molecule has 3 heterocycles. The van der Waals surface area contributed by atoms with Crippen molar-refractivity contribution in [2.45, 2.75) is 36.6 Å². The molecule has 0 bridgehead atoms. The van der Waals surface area contributed by atoms with Gasteiger partial charge >= 0.3 is 0 Å². The number of hydrogen-bond donors (Lipinski definition) is 1. The topological polar surface area (TPSA) is 58.6 Å². The summed E-state index contributed by atoms with van der Waals surface area (Å²) in [4.78, 5) is 12.1. The van der Waals surface area contributed by atoms with Crippen molar-refractivity contribution in [1.29, 1.82) is 0 Å². The maximum absolute atomic E-state index is 12.1. The first-order valence-electron chi connectivity index (χ1n) is 6.83. The molecule has 1 aliphatic heterocycles. The van der Waals surface area contributed by atoms with Crippen molar-refractivity contribution in [3.05, 3.63) is 29.3 Å². The fourth-order valence-corrected chi connectivity index (χ4v) is 4.18. The Balaban J connectivity index is 1.85. The Morgan fingerprint density at radius 2 is 2.35 bits per heavy atom. The second-order valence-electron chi connectivity index (χ2n) is 4.78. The van der Waals surface area contributed by atoms with Crippen LogP contribution in [0.25, 0.3) is 11.2 Å². The number of nitrogens with one attached hydrogen (secondary N) is 1. The minimum absolute atomic E-state index is 0.394. The van der Waals surface area contributed by atoms with Crippen LogP contribution < -0.4 is 0 Å². The molecule has 0 fully saturated rings. The standard InChI is InChI=1S/C14H17N3OS2/c1-2-3-9-20(18)14-16-11-7-6-10(15-13(11)17-14)12-5-4-8-19-12/h4,6-8,12H,2-3,5,9H2,1H3,(H,15,16,17). The van der Waals surface area contributed by atoms with E-state index in [1.165, 1.54) is 0 Å². The van der Waals surface area contributed by atoms with Gasteiger partial charge in [-0.25, -0.2) is 9.97 Å². The maximum atomic E-state index is 12.1. The van der Waals surface area contributed by atoms with Crippen LogP contribution in [-0.4, -0.2) is 24.9 Å². The van der Waals surface area contributed by atoms with Crippen LogP contribution in [0.5, 0.6) is 0 Å². The van der Waals surface area contributed by atoms with Gasteiger partial charge in [0.15, 0.2) is 10.8 Å². The lowest BCUT2D eigenvalue weighted by Gasteiger charge is -2.06. The van der Waals surface area contributed by atoms with E-state index in [1.807, 2.05) is 12.1 Å². The van der Waals surface area contributed by atoms with Crippen LogP contribution in [0.15, 0.2) is 28.8 Å². The third-order valence-corrected chi connectivity index (χ3v) is 5.66. The normalized spacial score (nSPS) is 19.8. The quantitative estimate of drug-likeness (QED) is 0.917. The van der Waals surface area contributed by atoms with Gasteiger partial charge in [0.1, 0.15) is 0 Å². The average Bonchev–Trinajstić information content (AvgIpc) is 3.12. The van der Waals surface area contributed by atoms with E-state index in [0.717, 1.165) is 30.5 Å². The first-order chi connectivity index (χ1) is 9.78. The number of nitrogens with zero attached hydrogens (tertiary/aromatic N) is 2. The van der Waals surface area contributed by atoms with E-state index in [9.17, 15) is 4.21 Å². The Morgan fingerprint density at radius 3 is 3.10 bits per heavy atom. The molecule has 2 aromatic rings. The van der Waals surface area contributed by atoms with Gasteiger partial charge in [0.05, 0.1) is 27.3 Å². The number of thioether (sulfide) groups is 1. The monoisotopic (exact) mass is 307 g/mol. The van der Waals surface area contributed by atoms with Gasteiger partial charge in [0.2, 0.25) is 0 Å². The molecule has 0 spiro atoms. The highest BCUT2D eigenvalue weighted by Crippen LogP contribution is 2.37. The van der Waals surface area contributed by atoms with Gasteiger partial charge in [0, 0.05) is 5.75 Å². The van der Waals surface area contributed by atoms with E-state index in [1.54, 1.807) is 11.8 Å². The molecule has 106 valence electrons. The number of H-pyrrole nitrogens is 1. The summed E-state index contributed by atoms with van der Waals surface area (Å²) in [5.41, 5.74) is 2.59. The number of allylic oxidation sites excluding steroid dienone is 1. The molecule has 1 aliphatic rings. The Kier molecular flexibility index (Phi) is 4.21. The molecule has 0 amide bonds. The van der Waals surface area contributed by atoms with Gasteiger partial charge in [-0.2, -0.15) is 0 Å². The van der Waals surface area contributed by atoms with Crippen molar-refractivity contribution in [3.8, 4) is 0 Å². The van der Waals surface area contributed by atoms with Crippen LogP contribution in [0, 0.1) is 0 Å². The van der Waals surface area contributed by atoms with E-state index < -0.39 is 10.8 Å². The van der Waals surface area contributed by atoms with Crippen LogP contribution in [0.4, 0.5) is 0 Å². The van der Waals surface area contributed by atoms with Gasteiger partial charge in [-0.15, -0.1) is 11.8 Å². The second-order valence-corrected chi connectivity index (χ2v) is 7.38.